The Morgan fingerprint density at radius 1 is 0.944 bits per heavy atom. The molecular formula is C38H59FN4O8SSi2. The zero-order valence-electron chi connectivity index (χ0n) is 34.4. The number of imide groups is 1. The molecule has 1 aromatic carbocycles. The Labute approximate surface area is 323 Å². The molecule has 2 aromatic rings. The maximum Gasteiger partial charge on any atom is 0.335 e. The number of carbonyl (C=O) groups excluding carboxylic acids is 3. The minimum atomic E-state index is -3.71. The molecule has 12 nitrogen and oxygen atoms in total. The highest BCUT2D eigenvalue weighted by Crippen LogP contribution is 2.41. The first-order valence-corrected chi connectivity index (χ1v) is 25.9. The molecule has 54 heavy (non-hydrogen) atoms. The summed E-state index contributed by atoms with van der Waals surface area (Å²) >= 11 is 0. The summed E-state index contributed by atoms with van der Waals surface area (Å²) in [4.78, 5) is 52.6. The lowest BCUT2D eigenvalue weighted by atomic mass is 9.97. The summed E-state index contributed by atoms with van der Waals surface area (Å²) in [7, 11) is -7.31. The lowest BCUT2D eigenvalue weighted by Gasteiger charge is -2.42. The van der Waals surface area contributed by atoms with Crippen LogP contribution in [0.1, 0.15) is 98.2 Å². The first-order chi connectivity index (χ1) is 24.5. The zero-order valence-corrected chi connectivity index (χ0v) is 37.2. The molecule has 1 aliphatic rings. The van der Waals surface area contributed by atoms with Gasteiger partial charge in [-0.25, -0.2) is 31.9 Å². The average molecular weight is 807 g/mol. The number of hydroxylamine groups is 2. The van der Waals surface area contributed by atoms with Crippen LogP contribution < -0.4 is 4.31 Å². The fraction of sp³-hybridized carbons (Fsp3) is 0.605. The van der Waals surface area contributed by atoms with Gasteiger partial charge in [0.2, 0.25) is 16.0 Å². The maximum atomic E-state index is 14.1. The van der Waals surface area contributed by atoms with E-state index in [0.717, 1.165) is 10.6 Å². The summed E-state index contributed by atoms with van der Waals surface area (Å²) in [6, 6.07) is 5.79. The Bertz CT molecular complexity index is 1820. The summed E-state index contributed by atoms with van der Waals surface area (Å²) in [5.41, 5.74) is 2.12. The predicted molar refractivity (Wildman–Crippen MR) is 214 cm³/mol. The van der Waals surface area contributed by atoms with Crippen LogP contribution in [0.4, 0.5) is 10.3 Å². The molecule has 16 heteroatoms. The van der Waals surface area contributed by atoms with E-state index in [-0.39, 0.29) is 47.6 Å². The SMILES string of the molecule is CC(C)c1nc(N(C)S(C)(=O)=O)nc(-c2ccc(F)cc2)c1/C=C/[C@H](C[C@@H](CC(=O)ON1C(=O)CCC1=O)O[Si](C)(C)C(C)(C)C)O[Si](C)(C)C(C)(C)C. The smallest absolute Gasteiger partial charge is 0.335 e. The van der Waals surface area contributed by atoms with Gasteiger partial charge in [-0.3, -0.25) is 9.59 Å². The standard InChI is InChI=1S/C38H59FN4O8SSi2/c1-25(2)34-30(35(26-15-17-27(39)18-16-26)41-36(40-34)42(9)52(10,47)48)20-19-28(50-53(11,12)37(3,4)5)23-29(51-54(13,14)38(6,7)8)24-33(46)49-43-31(44)21-22-32(43)45/h15-20,25,28-29H,21-24H2,1-14H3/b20-19+/t28-,29+/m1/s1. The molecule has 1 aromatic heterocycles. The summed E-state index contributed by atoms with van der Waals surface area (Å²) in [6.07, 6.45) is 3.44. The Kier molecular flexibility index (Phi) is 14.0. The van der Waals surface area contributed by atoms with Crippen molar-refractivity contribution in [3.63, 3.8) is 0 Å². The van der Waals surface area contributed by atoms with Crippen LogP contribution in [0.25, 0.3) is 17.3 Å². The third kappa shape index (κ3) is 11.4. The molecule has 0 aliphatic carbocycles. The second kappa shape index (κ2) is 16.8. The molecule has 300 valence electrons. The largest absolute Gasteiger partial charge is 0.413 e. The molecule has 0 saturated carbocycles. The molecule has 1 fully saturated rings. The minimum Gasteiger partial charge on any atom is -0.413 e. The Balaban J connectivity index is 2.21. The molecule has 1 saturated heterocycles. The summed E-state index contributed by atoms with van der Waals surface area (Å²) < 4.78 is 54.1. The number of amides is 2. The van der Waals surface area contributed by atoms with Crippen molar-refractivity contribution in [1.29, 1.82) is 0 Å². The normalized spacial score (nSPS) is 16.0. The van der Waals surface area contributed by atoms with Crippen molar-refractivity contribution in [2.75, 3.05) is 17.6 Å². The van der Waals surface area contributed by atoms with E-state index in [9.17, 15) is 27.2 Å². The van der Waals surface area contributed by atoms with E-state index in [1.807, 2.05) is 26.0 Å². The van der Waals surface area contributed by atoms with Crippen LogP contribution in [0.3, 0.4) is 0 Å². The van der Waals surface area contributed by atoms with E-state index in [1.54, 1.807) is 12.1 Å². The van der Waals surface area contributed by atoms with E-state index in [4.69, 9.17) is 23.7 Å². The highest BCUT2D eigenvalue weighted by atomic mass is 32.2. The summed E-state index contributed by atoms with van der Waals surface area (Å²) in [5.74, 6) is -2.54. The topological polar surface area (TPSA) is 145 Å². The van der Waals surface area contributed by atoms with Crippen molar-refractivity contribution in [2.24, 2.45) is 0 Å². The molecule has 1 aliphatic heterocycles. The van der Waals surface area contributed by atoms with Gasteiger partial charge in [-0.2, -0.15) is 0 Å². The Morgan fingerprint density at radius 3 is 1.94 bits per heavy atom. The molecule has 0 spiro atoms. The quantitative estimate of drug-likeness (QED) is 0.128. The van der Waals surface area contributed by atoms with Crippen molar-refractivity contribution in [3.8, 4) is 11.3 Å². The lowest BCUT2D eigenvalue weighted by molar-refractivity contribution is -0.198. The van der Waals surface area contributed by atoms with E-state index in [0.29, 0.717) is 27.6 Å². The monoisotopic (exact) mass is 806 g/mol. The van der Waals surface area contributed by atoms with Gasteiger partial charge in [0.25, 0.3) is 11.8 Å². The molecule has 2 atom stereocenters. The molecule has 0 bridgehead atoms. The fourth-order valence-electron chi connectivity index (χ4n) is 5.13. The highest BCUT2D eigenvalue weighted by Gasteiger charge is 2.43. The molecule has 0 N–H and O–H groups in total. The van der Waals surface area contributed by atoms with Gasteiger partial charge < -0.3 is 13.7 Å². The second-order valence-corrected chi connectivity index (χ2v) is 28.9. The highest BCUT2D eigenvalue weighted by molar-refractivity contribution is 7.92. The number of hydrogen-bond acceptors (Lipinski definition) is 10. The van der Waals surface area contributed by atoms with E-state index >= 15 is 0 Å². The second-order valence-electron chi connectivity index (χ2n) is 17.3. The van der Waals surface area contributed by atoms with Crippen molar-refractivity contribution >= 4 is 56.5 Å². The Morgan fingerprint density at radius 2 is 1.46 bits per heavy atom. The molecule has 0 unspecified atom stereocenters. The van der Waals surface area contributed by atoms with Crippen LogP contribution in [0.15, 0.2) is 30.3 Å². The van der Waals surface area contributed by atoms with Crippen LogP contribution in [0, 0.1) is 5.82 Å². The minimum absolute atomic E-state index is 0.0171. The first-order valence-electron chi connectivity index (χ1n) is 18.3. The van der Waals surface area contributed by atoms with E-state index in [1.165, 1.54) is 19.2 Å². The first kappa shape index (κ1) is 45.1. The van der Waals surface area contributed by atoms with Crippen molar-refractivity contribution in [2.45, 2.75) is 135 Å². The third-order valence-electron chi connectivity index (χ3n) is 10.5. The summed E-state index contributed by atoms with van der Waals surface area (Å²) in [5, 5.41) is 0.147. The van der Waals surface area contributed by atoms with Gasteiger partial charge in [-0.15, -0.1) is 5.06 Å². The van der Waals surface area contributed by atoms with Crippen molar-refractivity contribution < 1.29 is 40.9 Å². The van der Waals surface area contributed by atoms with E-state index in [2.05, 4.69) is 67.7 Å². The number of carbonyl (C=O) groups is 3. The van der Waals surface area contributed by atoms with Crippen LogP contribution in [-0.4, -0.2) is 83.4 Å². The number of aromatic nitrogens is 2. The molecule has 2 heterocycles. The van der Waals surface area contributed by atoms with Crippen molar-refractivity contribution in [1.82, 2.24) is 15.0 Å². The van der Waals surface area contributed by atoms with Gasteiger partial charge in [-0.1, -0.05) is 67.5 Å². The van der Waals surface area contributed by atoms with Crippen molar-refractivity contribution in [3.05, 3.63) is 47.4 Å². The number of rotatable bonds is 15. The van der Waals surface area contributed by atoms with Gasteiger partial charge in [0, 0.05) is 37.4 Å². The number of hydrogen-bond donors (Lipinski definition) is 0. The van der Waals surface area contributed by atoms with Gasteiger partial charge in [-0.05, 0) is 66.4 Å². The van der Waals surface area contributed by atoms with Gasteiger partial charge >= 0.3 is 5.97 Å². The molecule has 2 amide bonds. The van der Waals surface area contributed by atoms with Crippen LogP contribution in [0.2, 0.25) is 36.3 Å². The van der Waals surface area contributed by atoms with Crippen LogP contribution in [-0.2, 0) is 38.1 Å². The average Bonchev–Trinajstić information content (AvgIpc) is 3.33. The molecular weight excluding hydrogens is 748 g/mol. The molecule has 3 rings (SSSR count). The summed E-state index contributed by atoms with van der Waals surface area (Å²) in [6.45, 7) is 24.9. The maximum absolute atomic E-state index is 14.1. The number of halogens is 1. The zero-order chi connectivity index (χ0) is 41.2. The molecule has 0 radical (unpaired) electrons. The van der Waals surface area contributed by atoms with E-state index < -0.39 is 62.5 Å². The number of sulfonamides is 1. The van der Waals surface area contributed by atoms with Crippen LogP contribution >= 0.6 is 0 Å². The predicted octanol–water partition coefficient (Wildman–Crippen LogP) is 7.98. The third-order valence-corrected chi connectivity index (χ3v) is 20.7. The lowest BCUT2D eigenvalue weighted by Crippen LogP contribution is -2.47. The number of benzene rings is 1. The van der Waals surface area contributed by atoms with Gasteiger partial charge in [0.05, 0.1) is 36.3 Å². The van der Waals surface area contributed by atoms with Crippen LogP contribution in [0.5, 0.6) is 0 Å². The fourth-order valence-corrected chi connectivity index (χ4v) is 8.16. The number of nitrogens with zero attached hydrogens (tertiary/aromatic N) is 4. The number of anilines is 1. The van der Waals surface area contributed by atoms with Gasteiger partial charge in [0.1, 0.15) is 5.82 Å². The Hall–Kier alpha value is -3.32. The van der Waals surface area contributed by atoms with Gasteiger partial charge in [0.15, 0.2) is 16.6 Å².